The van der Waals surface area contributed by atoms with Crippen LogP contribution in [0.5, 0.6) is 17.2 Å². The van der Waals surface area contributed by atoms with Crippen molar-refractivity contribution >= 4 is 17.7 Å². The van der Waals surface area contributed by atoms with Gasteiger partial charge in [-0.3, -0.25) is 4.79 Å². The van der Waals surface area contributed by atoms with Gasteiger partial charge in [0.1, 0.15) is 6.17 Å². The maximum absolute atomic E-state index is 13.5. The van der Waals surface area contributed by atoms with Crippen LogP contribution in [0.3, 0.4) is 0 Å². The molecule has 1 fully saturated rings. The summed E-state index contributed by atoms with van der Waals surface area (Å²) in [6.07, 6.45) is 0.674. The zero-order valence-corrected chi connectivity index (χ0v) is 20.0. The lowest BCUT2D eigenvalue weighted by Gasteiger charge is -2.39. The van der Waals surface area contributed by atoms with Crippen LogP contribution in [0.25, 0.3) is 0 Å². The Kier molecular flexibility index (Phi) is 7.00. The van der Waals surface area contributed by atoms with E-state index in [4.69, 9.17) is 18.9 Å². The molecule has 1 atom stereocenters. The summed E-state index contributed by atoms with van der Waals surface area (Å²) in [5.74, 6) is 1.53. The van der Waals surface area contributed by atoms with E-state index in [1.165, 1.54) is 0 Å². The van der Waals surface area contributed by atoms with Gasteiger partial charge >= 0.3 is 6.09 Å². The van der Waals surface area contributed by atoms with Crippen LogP contribution < -0.4 is 19.5 Å². The number of piperidine rings is 1. The third kappa shape index (κ3) is 4.30. The van der Waals surface area contributed by atoms with Crippen molar-refractivity contribution in [1.29, 1.82) is 0 Å². The van der Waals surface area contributed by atoms with Crippen molar-refractivity contribution < 1.29 is 28.5 Å². The number of carbonyl (C=O) groups excluding carboxylic acids is 2. The van der Waals surface area contributed by atoms with Crippen LogP contribution >= 0.6 is 0 Å². The molecule has 2 aliphatic heterocycles. The van der Waals surface area contributed by atoms with Gasteiger partial charge in [-0.2, -0.15) is 0 Å². The number of nitrogens with zero attached hydrogens (tertiary/aromatic N) is 2. The van der Waals surface area contributed by atoms with E-state index in [1.807, 2.05) is 41.3 Å². The van der Waals surface area contributed by atoms with Crippen molar-refractivity contribution in [3.8, 4) is 17.2 Å². The highest BCUT2D eigenvalue weighted by atomic mass is 16.6. The molecule has 0 aromatic heterocycles. The van der Waals surface area contributed by atoms with Crippen LogP contribution in [-0.4, -0.2) is 68.9 Å². The molecule has 182 valence electrons. The van der Waals surface area contributed by atoms with E-state index in [1.54, 1.807) is 33.2 Å². The summed E-state index contributed by atoms with van der Waals surface area (Å²) in [5.41, 5.74) is 2.33. The monoisotopic (exact) mass is 469 g/mol. The van der Waals surface area contributed by atoms with E-state index in [9.17, 15) is 9.59 Å². The lowest BCUT2D eigenvalue weighted by atomic mass is 10.0. The first-order valence-electron chi connectivity index (χ1n) is 11.4. The molecule has 2 aliphatic rings. The molecule has 0 radical (unpaired) electrons. The van der Waals surface area contributed by atoms with Crippen molar-refractivity contribution in [3.05, 3.63) is 47.5 Å². The fourth-order valence-corrected chi connectivity index (χ4v) is 4.72. The number of amides is 2. The highest BCUT2D eigenvalue weighted by Gasteiger charge is 2.42. The zero-order valence-electron chi connectivity index (χ0n) is 20.0. The third-order valence-corrected chi connectivity index (χ3v) is 6.35. The number of methoxy groups -OCH3 is 3. The number of hydrogen-bond donors (Lipinski definition) is 1. The number of carbonyl (C=O) groups is 2. The molecule has 0 saturated carbocycles. The predicted molar refractivity (Wildman–Crippen MR) is 127 cm³/mol. The Hall–Kier alpha value is -3.62. The van der Waals surface area contributed by atoms with E-state index < -0.39 is 0 Å². The molecule has 0 spiro atoms. The number of ether oxygens (including phenoxy) is 4. The Morgan fingerprint density at radius 1 is 1.03 bits per heavy atom. The van der Waals surface area contributed by atoms with Crippen molar-refractivity contribution in [2.75, 3.05) is 46.3 Å². The molecule has 2 aromatic rings. The Balaban J connectivity index is 1.62. The summed E-state index contributed by atoms with van der Waals surface area (Å²) in [7, 11) is 4.70. The van der Waals surface area contributed by atoms with Crippen LogP contribution in [-0.2, 0) is 4.74 Å². The second kappa shape index (κ2) is 10.1. The van der Waals surface area contributed by atoms with Crippen LogP contribution in [0.2, 0.25) is 0 Å². The number of rotatable bonds is 7. The summed E-state index contributed by atoms with van der Waals surface area (Å²) in [5, 5.41) is 3.51. The molecule has 9 heteroatoms. The number of benzene rings is 2. The topological polar surface area (TPSA) is 89.6 Å². The first-order chi connectivity index (χ1) is 16.5. The minimum atomic E-state index is -0.370. The molecule has 0 bridgehead atoms. The Morgan fingerprint density at radius 2 is 1.68 bits per heavy atom. The number of nitrogens with one attached hydrogen (secondary N) is 1. The first kappa shape index (κ1) is 23.5. The summed E-state index contributed by atoms with van der Waals surface area (Å²) in [6.45, 7) is 3.23. The summed E-state index contributed by atoms with van der Waals surface area (Å²) in [6, 6.07) is 11.3. The van der Waals surface area contributed by atoms with E-state index >= 15 is 0 Å². The zero-order chi connectivity index (χ0) is 24.2. The molecular formula is C25H31N3O6. The highest BCUT2D eigenvalue weighted by molar-refractivity contribution is 5.99. The van der Waals surface area contributed by atoms with Crippen molar-refractivity contribution in [1.82, 2.24) is 9.80 Å². The van der Waals surface area contributed by atoms with Crippen molar-refractivity contribution in [3.63, 3.8) is 0 Å². The van der Waals surface area contributed by atoms with Gasteiger partial charge in [0.05, 0.1) is 27.9 Å². The standard InChI is InChI=1S/C25H31N3O6/c1-5-34-25(30)27-12-10-17(11-13-27)28-23(18-8-6-7-9-19(18)24(28)29)26-16-14-20(31-2)22(33-4)21(15-16)32-3/h6-9,14-15,17,23,26H,5,10-13H2,1-4H3/t23-/m0/s1. The van der Waals surface area contributed by atoms with E-state index in [2.05, 4.69) is 5.32 Å². The average Bonchev–Trinajstić information content (AvgIpc) is 3.14. The molecule has 2 heterocycles. The fourth-order valence-electron chi connectivity index (χ4n) is 4.72. The highest BCUT2D eigenvalue weighted by Crippen LogP contribution is 2.43. The molecule has 0 aliphatic carbocycles. The largest absolute Gasteiger partial charge is 0.493 e. The minimum absolute atomic E-state index is 0.0184. The Labute approximate surface area is 199 Å². The average molecular weight is 470 g/mol. The van der Waals surface area contributed by atoms with Gasteiger partial charge in [-0.25, -0.2) is 4.79 Å². The Morgan fingerprint density at radius 3 is 2.26 bits per heavy atom. The number of likely N-dealkylation sites (tertiary alicyclic amines) is 1. The molecule has 9 nitrogen and oxygen atoms in total. The van der Waals surface area contributed by atoms with E-state index in [0.29, 0.717) is 55.4 Å². The second-order valence-electron chi connectivity index (χ2n) is 8.18. The number of fused-ring (bicyclic) bond motifs is 1. The second-order valence-corrected chi connectivity index (χ2v) is 8.18. The maximum Gasteiger partial charge on any atom is 0.409 e. The van der Waals surface area contributed by atoms with Gasteiger partial charge in [-0.05, 0) is 25.8 Å². The Bertz CT molecular complexity index is 1030. The van der Waals surface area contributed by atoms with Crippen LogP contribution in [0, 0.1) is 0 Å². The first-order valence-corrected chi connectivity index (χ1v) is 11.4. The van der Waals surface area contributed by atoms with E-state index in [-0.39, 0.29) is 24.2 Å². The smallest absolute Gasteiger partial charge is 0.409 e. The third-order valence-electron chi connectivity index (χ3n) is 6.35. The molecule has 2 aromatic carbocycles. The van der Waals surface area contributed by atoms with Crippen molar-refractivity contribution in [2.45, 2.75) is 32.0 Å². The van der Waals surface area contributed by atoms with Gasteiger partial charge in [0.2, 0.25) is 5.75 Å². The molecule has 1 saturated heterocycles. The van der Waals surface area contributed by atoms with Crippen molar-refractivity contribution in [2.24, 2.45) is 0 Å². The fraction of sp³-hybridized carbons (Fsp3) is 0.440. The molecule has 0 unspecified atom stereocenters. The molecule has 4 rings (SSSR count). The predicted octanol–water partition coefficient (Wildman–Crippen LogP) is 3.90. The molecule has 2 amide bonds. The number of anilines is 1. The van der Waals surface area contributed by atoms with Gasteiger partial charge < -0.3 is 34.1 Å². The molecule has 34 heavy (non-hydrogen) atoms. The summed E-state index contributed by atoms with van der Waals surface area (Å²) < 4.78 is 21.6. The van der Waals surface area contributed by atoms with Crippen LogP contribution in [0.15, 0.2) is 36.4 Å². The van der Waals surface area contributed by atoms with E-state index in [0.717, 1.165) is 11.3 Å². The van der Waals surface area contributed by atoms with Gasteiger partial charge in [-0.15, -0.1) is 0 Å². The van der Waals surface area contributed by atoms with Crippen LogP contribution in [0.4, 0.5) is 10.5 Å². The van der Waals surface area contributed by atoms with Gasteiger partial charge in [0, 0.05) is 48.1 Å². The van der Waals surface area contributed by atoms with Gasteiger partial charge in [0.15, 0.2) is 11.5 Å². The summed E-state index contributed by atoms with van der Waals surface area (Å²) >= 11 is 0. The number of hydrogen-bond acceptors (Lipinski definition) is 7. The lowest BCUT2D eigenvalue weighted by molar-refractivity contribution is 0.0496. The maximum atomic E-state index is 13.5. The van der Waals surface area contributed by atoms with Gasteiger partial charge in [-0.1, -0.05) is 18.2 Å². The normalized spacial score (nSPS) is 17.9. The molecule has 1 N–H and O–H groups in total. The quantitative estimate of drug-likeness (QED) is 0.658. The van der Waals surface area contributed by atoms with Gasteiger partial charge in [0.25, 0.3) is 5.91 Å². The van der Waals surface area contributed by atoms with Crippen LogP contribution in [0.1, 0.15) is 41.9 Å². The lowest BCUT2D eigenvalue weighted by Crippen LogP contribution is -2.49. The summed E-state index contributed by atoms with van der Waals surface area (Å²) in [4.78, 5) is 29.2. The SMILES string of the molecule is CCOC(=O)N1CCC(N2C(=O)c3ccccc3[C@H]2Nc2cc(OC)c(OC)c(OC)c2)CC1. The molecular weight excluding hydrogens is 438 g/mol. The minimum Gasteiger partial charge on any atom is -0.493 e.